The second-order valence-corrected chi connectivity index (χ2v) is 11.3. The number of carbonyl (C=O) groups excluding carboxylic acids is 1. The largest absolute Gasteiger partial charge is 0.344 e. The first kappa shape index (κ1) is 22.6. The molecule has 1 saturated carbocycles. The predicted molar refractivity (Wildman–Crippen MR) is 124 cm³/mol. The summed E-state index contributed by atoms with van der Waals surface area (Å²) in [6, 6.07) is 10.2. The minimum Gasteiger partial charge on any atom is -0.344 e. The molecule has 10 heteroatoms. The van der Waals surface area contributed by atoms with Crippen LogP contribution in [0.4, 0.5) is 5.13 Å². The number of carbonyl (C=O) groups is 1. The van der Waals surface area contributed by atoms with Gasteiger partial charge in [0.15, 0.2) is 5.82 Å². The lowest BCUT2D eigenvalue weighted by atomic mass is 9.68. The number of ketones is 1. The topological polar surface area (TPSA) is 83.5 Å². The average Bonchev–Trinajstić information content (AvgIpc) is 3.30. The first-order valence-corrected chi connectivity index (χ1v) is 13.6. The molecule has 1 aliphatic heterocycles. The van der Waals surface area contributed by atoms with Crippen LogP contribution in [-0.2, 0) is 20.2 Å². The Morgan fingerprint density at radius 3 is 2.39 bits per heavy atom. The third-order valence-electron chi connectivity index (χ3n) is 6.27. The molecule has 4 rings (SSSR count). The van der Waals surface area contributed by atoms with Crippen molar-refractivity contribution in [1.29, 1.82) is 0 Å². The van der Waals surface area contributed by atoms with Crippen molar-refractivity contribution in [3.8, 4) is 0 Å². The number of hydrogen-bond donors (Lipinski definition) is 0. The lowest BCUT2D eigenvalue weighted by molar-refractivity contribution is -0.121. The molecule has 0 amide bonds. The highest BCUT2D eigenvalue weighted by Crippen LogP contribution is 2.43. The van der Waals surface area contributed by atoms with Crippen molar-refractivity contribution < 1.29 is 13.2 Å². The van der Waals surface area contributed by atoms with Crippen LogP contribution in [-0.4, -0.2) is 65.7 Å². The molecule has 0 unspecified atom stereocenters. The van der Waals surface area contributed by atoms with Gasteiger partial charge in [0.05, 0.1) is 11.2 Å². The molecule has 7 nitrogen and oxygen atoms in total. The summed E-state index contributed by atoms with van der Waals surface area (Å²) in [6.07, 6.45) is 3.00. The lowest BCUT2D eigenvalue weighted by Crippen LogP contribution is -2.49. The molecule has 1 aromatic heterocycles. The number of piperazine rings is 1. The maximum atomic E-state index is 12.4. The standard InChI is InChI=1S/C21H27ClN4O3S2/c22-11-4-16-31(28,29)26-14-12-25(13-15-26)20-23-19(24-30-20)21(9-7-18(27)8-10-21)17-5-2-1-3-6-17/h1-3,5-6H,4,7-16H2. The molecule has 1 aliphatic carbocycles. The van der Waals surface area contributed by atoms with E-state index in [0.717, 1.165) is 29.4 Å². The number of nitrogens with zero attached hydrogens (tertiary/aromatic N) is 4. The Bertz CT molecular complexity index is 995. The molecule has 0 spiro atoms. The van der Waals surface area contributed by atoms with E-state index in [9.17, 15) is 13.2 Å². The van der Waals surface area contributed by atoms with E-state index >= 15 is 0 Å². The molecule has 1 saturated heterocycles. The molecule has 2 aliphatic rings. The molecule has 0 radical (unpaired) electrons. The monoisotopic (exact) mass is 482 g/mol. The number of hydrogen-bond acceptors (Lipinski definition) is 7. The predicted octanol–water partition coefficient (Wildman–Crippen LogP) is 3.05. The highest BCUT2D eigenvalue weighted by atomic mass is 35.5. The van der Waals surface area contributed by atoms with Crippen molar-refractivity contribution in [3.63, 3.8) is 0 Å². The van der Waals surface area contributed by atoms with Crippen molar-refractivity contribution in [2.24, 2.45) is 0 Å². The Balaban J connectivity index is 1.51. The Labute approximate surface area is 192 Å². The van der Waals surface area contributed by atoms with Gasteiger partial charge in [-0.25, -0.2) is 13.4 Å². The molecule has 1 aromatic carbocycles. The zero-order chi connectivity index (χ0) is 21.9. The highest BCUT2D eigenvalue weighted by Gasteiger charge is 2.41. The van der Waals surface area contributed by atoms with Crippen LogP contribution in [0, 0.1) is 0 Å². The molecule has 0 N–H and O–H groups in total. The Morgan fingerprint density at radius 2 is 1.74 bits per heavy atom. The molecule has 0 bridgehead atoms. The summed E-state index contributed by atoms with van der Waals surface area (Å²) in [4.78, 5) is 19.0. The summed E-state index contributed by atoms with van der Waals surface area (Å²) in [5, 5.41) is 0.819. The van der Waals surface area contributed by atoms with Crippen LogP contribution in [0.5, 0.6) is 0 Å². The lowest BCUT2D eigenvalue weighted by Gasteiger charge is -2.35. The Kier molecular flexibility index (Phi) is 6.95. The second kappa shape index (κ2) is 9.52. The summed E-state index contributed by atoms with van der Waals surface area (Å²) in [5.74, 6) is 1.52. The van der Waals surface area contributed by atoms with Gasteiger partial charge < -0.3 is 4.90 Å². The molecule has 0 atom stereocenters. The number of alkyl halides is 1. The van der Waals surface area contributed by atoms with Crippen LogP contribution >= 0.6 is 23.1 Å². The maximum absolute atomic E-state index is 12.4. The number of aromatic nitrogens is 2. The Hall–Kier alpha value is -1.55. The SMILES string of the molecule is O=C1CCC(c2ccccc2)(c2nsc(N3CCN(S(=O)(=O)CCCCl)CC3)n2)CC1. The van der Waals surface area contributed by atoms with E-state index in [4.69, 9.17) is 21.0 Å². The normalized spacial score (nSPS) is 20.2. The van der Waals surface area contributed by atoms with E-state index < -0.39 is 10.0 Å². The van der Waals surface area contributed by atoms with E-state index in [-0.39, 0.29) is 11.2 Å². The van der Waals surface area contributed by atoms with E-state index in [0.29, 0.717) is 57.1 Å². The molecule has 31 heavy (non-hydrogen) atoms. The van der Waals surface area contributed by atoms with Crippen LogP contribution < -0.4 is 4.90 Å². The summed E-state index contributed by atoms with van der Waals surface area (Å²) >= 11 is 7.02. The van der Waals surface area contributed by atoms with Gasteiger partial charge in [-0.2, -0.15) is 8.68 Å². The summed E-state index contributed by atoms with van der Waals surface area (Å²) < 4.78 is 31.1. The fourth-order valence-corrected chi connectivity index (χ4v) is 7.00. The average molecular weight is 483 g/mol. The molecule has 2 heterocycles. The van der Waals surface area contributed by atoms with E-state index in [2.05, 4.69) is 17.0 Å². The first-order valence-electron chi connectivity index (χ1n) is 10.6. The van der Waals surface area contributed by atoms with Gasteiger partial charge in [0.25, 0.3) is 0 Å². The zero-order valence-corrected chi connectivity index (χ0v) is 19.8. The first-order chi connectivity index (χ1) is 14.9. The van der Waals surface area contributed by atoms with Crippen molar-refractivity contribution >= 4 is 44.1 Å². The number of sulfonamides is 1. The molecular weight excluding hydrogens is 456 g/mol. The quantitative estimate of drug-likeness (QED) is 0.564. The van der Waals surface area contributed by atoms with Crippen LogP contribution in [0.15, 0.2) is 30.3 Å². The summed E-state index contributed by atoms with van der Waals surface area (Å²) in [5.41, 5.74) is 0.818. The minimum absolute atomic E-state index is 0.0950. The summed E-state index contributed by atoms with van der Waals surface area (Å²) in [7, 11) is -3.26. The van der Waals surface area contributed by atoms with Crippen molar-refractivity contribution in [1.82, 2.24) is 13.7 Å². The van der Waals surface area contributed by atoms with E-state index in [1.165, 1.54) is 11.5 Å². The molecular formula is C21H27ClN4O3S2. The van der Waals surface area contributed by atoms with Gasteiger partial charge in [0.2, 0.25) is 15.2 Å². The van der Waals surface area contributed by atoms with Crippen molar-refractivity contribution in [2.75, 3.05) is 42.7 Å². The van der Waals surface area contributed by atoms with Crippen LogP contribution in [0.1, 0.15) is 43.5 Å². The van der Waals surface area contributed by atoms with Gasteiger partial charge in [0, 0.05) is 56.4 Å². The minimum atomic E-state index is -3.26. The highest BCUT2D eigenvalue weighted by molar-refractivity contribution is 7.89. The maximum Gasteiger partial charge on any atom is 0.214 e. The van der Waals surface area contributed by atoms with Gasteiger partial charge in [0.1, 0.15) is 5.78 Å². The number of benzene rings is 1. The van der Waals surface area contributed by atoms with Crippen molar-refractivity contribution in [3.05, 3.63) is 41.7 Å². The molecule has 168 valence electrons. The Morgan fingerprint density at radius 1 is 1.06 bits per heavy atom. The second-order valence-electron chi connectivity index (χ2n) is 8.13. The summed E-state index contributed by atoms with van der Waals surface area (Å²) in [6.45, 7) is 2.06. The van der Waals surface area contributed by atoms with Gasteiger partial charge in [-0.1, -0.05) is 30.3 Å². The van der Waals surface area contributed by atoms with E-state index in [1.807, 2.05) is 18.2 Å². The third kappa shape index (κ3) is 4.79. The van der Waals surface area contributed by atoms with Gasteiger partial charge >= 0.3 is 0 Å². The number of anilines is 1. The van der Waals surface area contributed by atoms with E-state index in [1.54, 1.807) is 4.31 Å². The van der Waals surface area contributed by atoms with Gasteiger partial charge in [-0.15, -0.1) is 11.6 Å². The fraction of sp³-hybridized carbons (Fsp3) is 0.571. The number of Topliss-reactive ketones (excluding diaryl/α,β-unsaturated/α-hetero) is 1. The van der Waals surface area contributed by atoms with Crippen LogP contribution in [0.25, 0.3) is 0 Å². The molecule has 2 fully saturated rings. The third-order valence-corrected chi connectivity index (χ3v) is 9.27. The fourth-order valence-electron chi connectivity index (χ4n) is 4.42. The number of rotatable bonds is 7. The van der Waals surface area contributed by atoms with Gasteiger partial charge in [-0.3, -0.25) is 4.79 Å². The van der Waals surface area contributed by atoms with Gasteiger partial charge in [-0.05, 0) is 24.8 Å². The van der Waals surface area contributed by atoms with Crippen molar-refractivity contribution in [2.45, 2.75) is 37.5 Å². The van der Waals surface area contributed by atoms with Crippen LogP contribution in [0.2, 0.25) is 0 Å². The molecule has 2 aromatic rings. The number of halogens is 1. The smallest absolute Gasteiger partial charge is 0.214 e. The van der Waals surface area contributed by atoms with Crippen LogP contribution in [0.3, 0.4) is 0 Å². The zero-order valence-electron chi connectivity index (χ0n) is 17.4.